The van der Waals surface area contributed by atoms with Crippen LogP contribution in [0.25, 0.3) is 0 Å². The fraction of sp³-hybridized carbons (Fsp3) is 0.871. The molecule has 0 aromatic carbocycles. The van der Waals surface area contributed by atoms with Crippen LogP contribution in [-0.2, 0) is 14.3 Å². The topological polar surface area (TPSA) is 63.6 Å². The van der Waals surface area contributed by atoms with Crippen LogP contribution in [0.2, 0.25) is 0 Å². The van der Waals surface area contributed by atoms with Gasteiger partial charge in [-0.25, -0.2) is 0 Å². The summed E-state index contributed by atoms with van der Waals surface area (Å²) in [7, 11) is 0. The number of esters is 1. The first kappa shape index (κ1) is 33.7. The van der Waals surface area contributed by atoms with E-state index in [0.29, 0.717) is 12.8 Å². The van der Waals surface area contributed by atoms with Gasteiger partial charge in [0.2, 0.25) is 0 Å². The highest BCUT2D eigenvalue weighted by Crippen LogP contribution is 2.16. The third-order valence-electron chi connectivity index (χ3n) is 6.81. The summed E-state index contributed by atoms with van der Waals surface area (Å²) in [5.41, 5.74) is 0. The number of hydrogen-bond donors (Lipinski definition) is 1. The molecule has 0 fully saturated rings. The molecular weight excluding hydrogens is 436 g/mol. The Balaban J connectivity index is 3.47. The first-order valence-corrected chi connectivity index (χ1v) is 15.2. The summed E-state index contributed by atoms with van der Waals surface area (Å²) >= 11 is 0. The zero-order valence-electron chi connectivity index (χ0n) is 23.4. The van der Waals surface area contributed by atoms with Gasteiger partial charge >= 0.3 is 11.9 Å². The molecule has 1 N–H and O–H groups in total. The molecule has 4 nitrogen and oxygen atoms in total. The van der Waals surface area contributed by atoms with Crippen molar-refractivity contribution in [3.05, 3.63) is 12.2 Å². The molecule has 0 saturated heterocycles. The fourth-order valence-corrected chi connectivity index (χ4v) is 4.45. The number of ether oxygens (including phenoxy) is 1. The fourth-order valence-electron chi connectivity index (χ4n) is 4.45. The molecule has 0 amide bonds. The molecule has 206 valence electrons. The summed E-state index contributed by atoms with van der Waals surface area (Å²) in [5, 5.41) is 8.62. The van der Waals surface area contributed by atoms with Crippen LogP contribution >= 0.6 is 0 Å². The molecule has 0 bridgehead atoms. The van der Waals surface area contributed by atoms with Crippen LogP contribution in [0, 0.1) is 0 Å². The van der Waals surface area contributed by atoms with E-state index >= 15 is 0 Å². The van der Waals surface area contributed by atoms with Crippen LogP contribution in [0.5, 0.6) is 0 Å². The normalized spacial score (nSPS) is 12.3. The predicted octanol–water partition coefficient (Wildman–Crippen LogP) is 9.94. The molecule has 4 heteroatoms. The number of carboxylic acids is 1. The lowest BCUT2D eigenvalue weighted by Gasteiger charge is -2.16. The van der Waals surface area contributed by atoms with Crippen molar-refractivity contribution in [1.82, 2.24) is 0 Å². The van der Waals surface area contributed by atoms with Crippen LogP contribution in [0.3, 0.4) is 0 Å². The van der Waals surface area contributed by atoms with Crippen molar-refractivity contribution < 1.29 is 19.4 Å². The van der Waals surface area contributed by atoms with E-state index in [1.807, 2.05) is 0 Å². The average Bonchev–Trinajstić information content (AvgIpc) is 2.84. The molecule has 0 aromatic rings. The number of rotatable bonds is 27. The van der Waals surface area contributed by atoms with E-state index in [9.17, 15) is 9.59 Å². The molecule has 0 aromatic heterocycles. The Morgan fingerprint density at radius 2 is 1.09 bits per heavy atom. The van der Waals surface area contributed by atoms with Crippen molar-refractivity contribution in [3.8, 4) is 0 Å². The van der Waals surface area contributed by atoms with Gasteiger partial charge in [0.05, 0.1) is 0 Å². The second-order valence-electron chi connectivity index (χ2n) is 10.3. The van der Waals surface area contributed by atoms with E-state index in [0.717, 1.165) is 44.9 Å². The third-order valence-corrected chi connectivity index (χ3v) is 6.81. The van der Waals surface area contributed by atoms with E-state index in [2.05, 4.69) is 26.0 Å². The molecular formula is C31H58O4. The highest BCUT2D eigenvalue weighted by atomic mass is 16.5. The molecule has 1 atom stereocenters. The smallest absolute Gasteiger partial charge is 0.306 e. The zero-order valence-corrected chi connectivity index (χ0v) is 23.4. The minimum absolute atomic E-state index is 0.00123. The van der Waals surface area contributed by atoms with E-state index in [-0.39, 0.29) is 12.1 Å². The maximum Gasteiger partial charge on any atom is 0.306 e. The second-order valence-corrected chi connectivity index (χ2v) is 10.3. The molecule has 0 spiro atoms. The summed E-state index contributed by atoms with van der Waals surface area (Å²) in [6, 6.07) is 0. The second kappa shape index (κ2) is 27.3. The van der Waals surface area contributed by atoms with E-state index in [1.165, 1.54) is 96.3 Å². The van der Waals surface area contributed by atoms with Crippen LogP contribution in [-0.4, -0.2) is 23.1 Å². The zero-order chi connectivity index (χ0) is 25.8. The predicted molar refractivity (Wildman–Crippen MR) is 149 cm³/mol. The Kier molecular flexibility index (Phi) is 26.2. The summed E-state index contributed by atoms with van der Waals surface area (Å²) in [6.45, 7) is 4.35. The Labute approximate surface area is 217 Å². The van der Waals surface area contributed by atoms with Crippen LogP contribution in [0.15, 0.2) is 12.2 Å². The molecule has 0 aliphatic carbocycles. The van der Waals surface area contributed by atoms with Gasteiger partial charge in [0, 0.05) is 12.8 Å². The SMILES string of the molecule is CCCC/C=C\CCCCCCCC(=O)OC(CC)CCCCCCCCCCCCCC(=O)O. The van der Waals surface area contributed by atoms with Crippen molar-refractivity contribution in [2.24, 2.45) is 0 Å². The lowest BCUT2D eigenvalue weighted by atomic mass is 10.0. The van der Waals surface area contributed by atoms with Gasteiger partial charge in [0.15, 0.2) is 0 Å². The molecule has 35 heavy (non-hydrogen) atoms. The van der Waals surface area contributed by atoms with Gasteiger partial charge in [0.1, 0.15) is 6.10 Å². The van der Waals surface area contributed by atoms with Gasteiger partial charge in [-0.05, 0) is 51.4 Å². The first-order chi connectivity index (χ1) is 17.1. The number of hydrogen-bond acceptors (Lipinski definition) is 3. The standard InChI is InChI=1S/C31H58O4/c1-3-5-6-7-8-9-11-16-19-22-25-28-31(34)35-29(4-2)26-23-20-17-14-12-10-13-15-18-21-24-27-30(32)33/h7-8,29H,3-6,9-28H2,1-2H3,(H,32,33)/b8-7-. The number of carbonyl (C=O) groups excluding carboxylic acids is 1. The van der Waals surface area contributed by atoms with Gasteiger partial charge in [-0.1, -0.05) is 116 Å². The number of carbonyl (C=O) groups is 2. The van der Waals surface area contributed by atoms with Gasteiger partial charge in [-0.15, -0.1) is 0 Å². The van der Waals surface area contributed by atoms with Crippen molar-refractivity contribution in [2.45, 2.75) is 174 Å². The lowest BCUT2D eigenvalue weighted by molar-refractivity contribution is -0.149. The van der Waals surface area contributed by atoms with Crippen LogP contribution < -0.4 is 0 Å². The molecule has 0 rings (SSSR count). The largest absolute Gasteiger partial charge is 0.481 e. The number of carboxylic acid groups (broad SMARTS) is 1. The Morgan fingerprint density at radius 3 is 1.60 bits per heavy atom. The lowest BCUT2D eigenvalue weighted by Crippen LogP contribution is -2.17. The Bertz CT molecular complexity index is 500. The molecule has 0 aliphatic rings. The van der Waals surface area contributed by atoms with Gasteiger partial charge in [-0.2, -0.15) is 0 Å². The van der Waals surface area contributed by atoms with Gasteiger partial charge in [0.25, 0.3) is 0 Å². The summed E-state index contributed by atoms with van der Waals surface area (Å²) in [5.74, 6) is -0.676. The van der Waals surface area contributed by atoms with Crippen molar-refractivity contribution >= 4 is 11.9 Å². The average molecular weight is 495 g/mol. The minimum Gasteiger partial charge on any atom is -0.481 e. The maximum absolute atomic E-state index is 12.2. The van der Waals surface area contributed by atoms with Crippen molar-refractivity contribution in [3.63, 3.8) is 0 Å². The van der Waals surface area contributed by atoms with E-state index in [4.69, 9.17) is 9.84 Å². The monoisotopic (exact) mass is 494 g/mol. The first-order valence-electron chi connectivity index (χ1n) is 15.2. The minimum atomic E-state index is -0.675. The van der Waals surface area contributed by atoms with Crippen LogP contribution in [0.1, 0.15) is 168 Å². The third kappa shape index (κ3) is 27.1. The van der Waals surface area contributed by atoms with Crippen LogP contribution in [0.4, 0.5) is 0 Å². The van der Waals surface area contributed by atoms with Crippen molar-refractivity contribution in [1.29, 1.82) is 0 Å². The number of allylic oxidation sites excluding steroid dienone is 2. The Morgan fingerprint density at radius 1 is 0.629 bits per heavy atom. The summed E-state index contributed by atoms with van der Waals surface area (Å²) in [4.78, 5) is 22.6. The number of unbranched alkanes of at least 4 members (excludes halogenated alkanes) is 17. The van der Waals surface area contributed by atoms with Gasteiger partial charge < -0.3 is 9.84 Å². The maximum atomic E-state index is 12.2. The van der Waals surface area contributed by atoms with Crippen molar-refractivity contribution in [2.75, 3.05) is 0 Å². The van der Waals surface area contributed by atoms with Gasteiger partial charge in [-0.3, -0.25) is 9.59 Å². The highest BCUT2D eigenvalue weighted by Gasteiger charge is 2.12. The van der Waals surface area contributed by atoms with E-state index in [1.54, 1.807) is 0 Å². The summed E-state index contributed by atoms with van der Waals surface area (Å²) < 4.78 is 5.72. The molecule has 0 radical (unpaired) electrons. The molecule has 0 heterocycles. The molecule has 0 saturated carbocycles. The van der Waals surface area contributed by atoms with E-state index < -0.39 is 5.97 Å². The summed E-state index contributed by atoms with van der Waals surface area (Å²) in [6.07, 6.45) is 31.5. The Hall–Kier alpha value is -1.32. The molecule has 0 aliphatic heterocycles. The quantitative estimate of drug-likeness (QED) is 0.0701. The highest BCUT2D eigenvalue weighted by molar-refractivity contribution is 5.69. The number of aliphatic carboxylic acids is 1. The molecule has 1 unspecified atom stereocenters.